The quantitative estimate of drug-likeness (QED) is 0.478. The zero-order valence-corrected chi connectivity index (χ0v) is 11.7. The van der Waals surface area contributed by atoms with Crippen LogP contribution in [0, 0.1) is 33.1 Å². The third-order valence-corrected chi connectivity index (χ3v) is 3.36. The Morgan fingerprint density at radius 1 is 1.25 bits per heavy atom. The first-order valence-corrected chi connectivity index (χ1v) is 6.52. The lowest BCUT2D eigenvalue weighted by Gasteiger charge is -2.02. The zero-order valence-electron chi connectivity index (χ0n) is 11.7. The molecular formula is C16H6F2N2O4. The van der Waals surface area contributed by atoms with Crippen molar-refractivity contribution in [1.82, 2.24) is 0 Å². The summed E-state index contributed by atoms with van der Waals surface area (Å²) in [6.07, 6.45) is 1.24. The fraction of sp³-hybridized carbons (Fsp3) is 0. The van der Waals surface area contributed by atoms with Crippen LogP contribution in [0.4, 0.5) is 14.5 Å². The van der Waals surface area contributed by atoms with Crippen LogP contribution < -0.4 is 0 Å². The molecule has 0 spiro atoms. The van der Waals surface area contributed by atoms with Gasteiger partial charge >= 0.3 is 5.97 Å². The van der Waals surface area contributed by atoms with Gasteiger partial charge in [0, 0.05) is 0 Å². The van der Waals surface area contributed by atoms with Crippen molar-refractivity contribution < 1.29 is 23.2 Å². The molecular weight excluding hydrogens is 322 g/mol. The van der Waals surface area contributed by atoms with Crippen molar-refractivity contribution in [2.24, 2.45) is 0 Å². The lowest BCUT2D eigenvalue weighted by Crippen LogP contribution is -1.98. The Balaban J connectivity index is 2.19. The summed E-state index contributed by atoms with van der Waals surface area (Å²) in [6.45, 7) is 0. The summed E-state index contributed by atoms with van der Waals surface area (Å²) < 4.78 is 31.7. The van der Waals surface area contributed by atoms with Crippen LogP contribution in [0.2, 0.25) is 0 Å². The highest BCUT2D eigenvalue weighted by molar-refractivity contribution is 6.07. The highest BCUT2D eigenvalue weighted by Crippen LogP contribution is 2.38. The van der Waals surface area contributed by atoms with Crippen LogP contribution in [0.15, 0.2) is 30.3 Å². The molecule has 1 aliphatic rings. The van der Waals surface area contributed by atoms with Crippen LogP contribution in [0.5, 0.6) is 0 Å². The van der Waals surface area contributed by atoms with Crippen molar-refractivity contribution in [1.29, 1.82) is 5.26 Å². The van der Waals surface area contributed by atoms with Gasteiger partial charge in [0.2, 0.25) is 0 Å². The van der Waals surface area contributed by atoms with Gasteiger partial charge in [-0.25, -0.2) is 13.6 Å². The maximum Gasteiger partial charge on any atom is 0.344 e. The van der Waals surface area contributed by atoms with Gasteiger partial charge in [0.15, 0.2) is 0 Å². The van der Waals surface area contributed by atoms with E-state index in [-0.39, 0.29) is 22.4 Å². The van der Waals surface area contributed by atoms with E-state index in [4.69, 9.17) is 10.00 Å². The maximum atomic E-state index is 13.4. The summed E-state index contributed by atoms with van der Waals surface area (Å²) in [5.41, 5.74) is -0.987. The fourth-order valence-electron chi connectivity index (χ4n) is 2.33. The molecule has 1 aliphatic heterocycles. The van der Waals surface area contributed by atoms with E-state index in [9.17, 15) is 23.7 Å². The van der Waals surface area contributed by atoms with Crippen molar-refractivity contribution in [2.45, 2.75) is 0 Å². The monoisotopic (exact) mass is 328 g/mol. The van der Waals surface area contributed by atoms with Gasteiger partial charge in [0.05, 0.1) is 22.1 Å². The number of esters is 1. The van der Waals surface area contributed by atoms with Crippen molar-refractivity contribution in [3.8, 4) is 6.07 Å². The largest absolute Gasteiger partial charge is 0.422 e. The zero-order chi connectivity index (χ0) is 17.4. The van der Waals surface area contributed by atoms with E-state index >= 15 is 0 Å². The number of fused-ring (bicyclic) bond motifs is 1. The Kier molecular flexibility index (Phi) is 3.54. The summed E-state index contributed by atoms with van der Waals surface area (Å²) in [6, 6.07) is 6.73. The Hall–Kier alpha value is -3.60. The van der Waals surface area contributed by atoms with E-state index in [1.165, 1.54) is 18.2 Å². The number of nitro benzene ring substituents is 1. The maximum absolute atomic E-state index is 13.4. The number of benzene rings is 2. The van der Waals surface area contributed by atoms with E-state index in [0.717, 1.165) is 12.1 Å². The molecule has 0 amide bonds. The van der Waals surface area contributed by atoms with Gasteiger partial charge in [-0.3, -0.25) is 10.1 Å². The predicted octanol–water partition coefficient (Wildman–Crippen LogP) is 3.41. The number of carbonyl (C=O) groups excluding carboxylic acids is 1. The van der Waals surface area contributed by atoms with Crippen molar-refractivity contribution in [3.05, 3.63) is 74.3 Å². The average molecular weight is 328 g/mol. The third kappa shape index (κ3) is 2.48. The molecule has 118 valence electrons. The van der Waals surface area contributed by atoms with Crippen LogP contribution in [-0.4, -0.2) is 10.9 Å². The van der Waals surface area contributed by atoms with Crippen LogP contribution in [0.25, 0.3) is 11.8 Å². The number of ether oxygens (including phenoxy) is 1. The highest BCUT2D eigenvalue weighted by atomic mass is 19.1. The SMILES string of the molecule is N#Cc1cc(C=C2OC(=O)c3cc(F)cc([N+](=O)[O-])c32)ccc1F. The second-order valence-corrected chi connectivity index (χ2v) is 4.85. The number of carbonyl (C=O) groups is 1. The molecule has 0 atom stereocenters. The average Bonchev–Trinajstić information content (AvgIpc) is 2.84. The van der Waals surface area contributed by atoms with Gasteiger partial charge < -0.3 is 4.74 Å². The van der Waals surface area contributed by atoms with Crippen molar-refractivity contribution in [2.75, 3.05) is 0 Å². The summed E-state index contributed by atoms with van der Waals surface area (Å²) in [7, 11) is 0. The smallest absolute Gasteiger partial charge is 0.344 e. The molecule has 2 aromatic carbocycles. The number of halogens is 2. The van der Waals surface area contributed by atoms with Crippen LogP contribution in [0.1, 0.15) is 27.0 Å². The molecule has 0 N–H and O–H groups in total. The minimum Gasteiger partial charge on any atom is -0.422 e. The number of hydrogen-bond donors (Lipinski definition) is 0. The molecule has 0 radical (unpaired) electrons. The fourth-order valence-corrected chi connectivity index (χ4v) is 2.33. The molecule has 0 fully saturated rings. The number of rotatable bonds is 2. The number of nitrogens with zero attached hydrogens (tertiary/aromatic N) is 2. The Morgan fingerprint density at radius 3 is 2.67 bits per heavy atom. The van der Waals surface area contributed by atoms with Crippen LogP contribution in [-0.2, 0) is 4.74 Å². The number of nitriles is 1. The molecule has 0 bridgehead atoms. The number of cyclic esters (lactones) is 1. The second-order valence-electron chi connectivity index (χ2n) is 4.85. The van der Waals surface area contributed by atoms with Gasteiger partial charge in [-0.2, -0.15) is 5.26 Å². The Bertz CT molecular complexity index is 977. The molecule has 0 unspecified atom stereocenters. The molecule has 0 saturated carbocycles. The molecule has 0 aromatic heterocycles. The van der Waals surface area contributed by atoms with E-state index in [2.05, 4.69) is 0 Å². The Morgan fingerprint density at radius 2 is 2.00 bits per heavy atom. The van der Waals surface area contributed by atoms with Crippen LogP contribution >= 0.6 is 0 Å². The first-order valence-electron chi connectivity index (χ1n) is 6.52. The topological polar surface area (TPSA) is 93.2 Å². The molecule has 1 heterocycles. The summed E-state index contributed by atoms with van der Waals surface area (Å²) in [5.74, 6) is -2.76. The summed E-state index contributed by atoms with van der Waals surface area (Å²) in [5, 5.41) is 19.9. The highest BCUT2D eigenvalue weighted by Gasteiger charge is 2.35. The first-order chi connectivity index (χ1) is 11.4. The normalized spacial score (nSPS) is 14.2. The van der Waals surface area contributed by atoms with E-state index in [1.807, 2.05) is 0 Å². The molecule has 2 aromatic rings. The Labute approximate surface area is 133 Å². The number of nitro groups is 1. The predicted molar refractivity (Wildman–Crippen MR) is 77.5 cm³/mol. The van der Waals surface area contributed by atoms with Gasteiger partial charge in [0.1, 0.15) is 29.0 Å². The lowest BCUT2D eigenvalue weighted by molar-refractivity contribution is -0.385. The number of hydrogen-bond acceptors (Lipinski definition) is 5. The van der Waals surface area contributed by atoms with Gasteiger partial charge in [-0.05, 0) is 29.8 Å². The summed E-state index contributed by atoms with van der Waals surface area (Å²) >= 11 is 0. The molecule has 6 nitrogen and oxygen atoms in total. The minimum absolute atomic E-state index is 0.158. The van der Waals surface area contributed by atoms with Crippen molar-refractivity contribution >= 4 is 23.5 Å². The molecule has 8 heteroatoms. The molecule has 24 heavy (non-hydrogen) atoms. The molecule has 3 rings (SSSR count). The first kappa shape index (κ1) is 15.3. The van der Waals surface area contributed by atoms with E-state index < -0.39 is 28.2 Å². The van der Waals surface area contributed by atoms with E-state index in [0.29, 0.717) is 11.6 Å². The minimum atomic E-state index is -0.938. The molecule has 0 aliphatic carbocycles. The van der Waals surface area contributed by atoms with E-state index in [1.54, 1.807) is 6.07 Å². The van der Waals surface area contributed by atoms with Gasteiger partial charge in [-0.15, -0.1) is 0 Å². The molecule has 0 saturated heterocycles. The van der Waals surface area contributed by atoms with Gasteiger partial charge in [0.25, 0.3) is 5.69 Å². The standard InChI is InChI=1S/C16H6F2N2O4/c17-10-5-11-15(13(6-10)20(22)23)14(24-16(11)21)4-8-1-2-12(18)9(3-8)7-19/h1-6H. The summed E-state index contributed by atoms with van der Waals surface area (Å²) in [4.78, 5) is 22.1. The van der Waals surface area contributed by atoms with Crippen molar-refractivity contribution in [3.63, 3.8) is 0 Å². The van der Waals surface area contributed by atoms with Gasteiger partial charge in [-0.1, -0.05) is 6.07 Å². The lowest BCUT2D eigenvalue weighted by atomic mass is 10.0. The van der Waals surface area contributed by atoms with Crippen LogP contribution in [0.3, 0.4) is 0 Å². The third-order valence-electron chi connectivity index (χ3n) is 3.36. The second kappa shape index (κ2) is 5.55.